The molecule has 0 bridgehead atoms. The van der Waals surface area contributed by atoms with Crippen LogP contribution in [-0.4, -0.2) is 43.6 Å². The van der Waals surface area contributed by atoms with Crippen molar-refractivity contribution in [3.63, 3.8) is 0 Å². The molecule has 5 heterocycles. The largest absolute Gasteiger partial charge is 0.309 e. The third-order valence-electron chi connectivity index (χ3n) is 21.4. The summed E-state index contributed by atoms with van der Waals surface area (Å²) in [7, 11) is 0. The topological polar surface area (TPSA) is 92.1 Å². The minimum Gasteiger partial charge on any atom is -0.309 e. The van der Waals surface area contributed by atoms with Gasteiger partial charge in [-0.1, -0.05) is 307 Å². The molecule has 0 N–H and O–H groups in total. The molecule has 10 heteroatoms. The zero-order valence-electron chi connectivity index (χ0n) is 61.2. The van der Waals surface area contributed by atoms with E-state index in [1.54, 1.807) is 0 Å². The third kappa shape index (κ3) is 12.8. The Hall–Kier alpha value is -14.6. The van der Waals surface area contributed by atoms with Gasteiger partial charge < -0.3 is 13.7 Å². The van der Waals surface area contributed by atoms with E-state index >= 15 is 0 Å². The summed E-state index contributed by atoms with van der Waals surface area (Å²) in [6.07, 6.45) is 1.02. The maximum absolute atomic E-state index is 4.97. The van der Waals surface area contributed by atoms with Crippen molar-refractivity contribution in [1.82, 2.24) is 43.6 Å². The van der Waals surface area contributed by atoms with Crippen molar-refractivity contribution >= 4 is 81.3 Å². The zero-order chi connectivity index (χ0) is 75.1. The first kappa shape index (κ1) is 67.7. The van der Waals surface area contributed by atoms with Crippen LogP contribution >= 0.6 is 15.9 Å². The zero-order valence-corrected chi connectivity index (χ0v) is 62.8. The van der Waals surface area contributed by atoms with Gasteiger partial charge in [-0.05, 0) is 160 Å². The van der Waals surface area contributed by atoms with Crippen LogP contribution in [0.15, 0.2) is 405 Å². The fourth-order valence-corrected chi connectivity index (χ4v) is 16.5. The van der Waals surface area contributed by atoms with Gasteiger partial charge in [0.15, 0.2) is 34.9 Å². The van der Waals surface area contributed by atoms with E-state index in [4.69, 9.17) is 24.9 Å². The van der Waals surface area contributed by atoms with Crippen molar-refractivity contribution in [2.45, 2.75) is 6.42 Å². The summed E-state index contributed by atoms with van der Waals surface area (Å²) in [4.78, 5) is 28.9. The van der Waals surface area contributed by atoms with Gasteiger partial charge in [0.2, 0.25) is 0 Å². The maximum atomic E-state index is 4.97. The highest BCUT2D eigenvalue weighted by molar-refractivity contribution is 9.10. The fraction of sp³-hybridized carbons (Fsp3) is 0.00971. The van der Waals surface area contributed by atoms with Gasteiger partial charge in [0.05, 0.1) is 33.1 Å². The molecule has 0 atom stereocenters. The van der Waals surface area contributed by atoms with Gasteiger partial charge >= 0.3 is 0 Å². The first-order valence-corrected chi connectivity index (χ1v) is 38.8. The number of fused-ring (bicyclic) bond motifs is 12. The average molecular weight is 1510 g/mol. The monoisotopic (exact) mass is 1510 g/mol. The van der Waals surface area contributed by atoms with Crippen molar-refractivity contribution < 1.29 is 0 Å². The molecule has 0 amide bonds. The first-order chi connectivity index (χ1) is 56.0. The summed E-state index contributed by atoms with van der Waals surface area (Å²) >= 11 is 3.47. The van der Waals surface area contributed by atoms with Crippen LogP contribution in [0.3, 0.4) is 0 Å². The SMILES string of the molecule is Brc1ccc(-c2nc(-c3ccccc3)nc(-c3ccccc3)n2)cc1.c1ccc(-c2nc(-c3ccccc3)nc(-c3ccc(-n4c5ccccc5c5c(-c6ccc7c(c6)c6ccccc6n7-c6ccccc6)cccc54)cc3)n2)cc1.c1ccc(-n2c3ccccc3c3cc(-c4cccc5c4-c4ccccc4C5)ccc32)cc1. The highest BCUT2D eigenvalue weighted by Crippen LogP contribution is 2.46. The van der Waals surface area contributed by atoms with E-state index in [-0.39, 0.29) is 0 Å². The minimum absolute atomic E-state index is 0.637. The highest BCUT2D eigenvalue weighted by Gasteiger charge is 2.24. The number of benzene rings is 16. The lowest BCUT2D eigenvalue weighted by molar-refractivity contribution is 1.07. The molecule has 9 nitrogen and oxygen atoms in total. The Morgan fingerprint density at radius 2 is 0.504 bits per heavy atom. The molecule has 22 rings (SSSR count). The minimum atomic E-state index is 0.637. The number of aromatic nitrogens is 9. The molecule has 5 aromatic heterocycles. The van der Waals surface area contributed by atoms with Crippen molar-refractivity contribution in [1.29, 1.82) is 0 Å². The predicted octanol–water partition coefficient (Wildman–Crippen LogP) is 26.4. The van der Waals surface area contributed by atoms with E-state index in [1.165, 1.54) is 105 Å². The molecule has 0 saturated heterocycles. The summed E-state index contributed by atoms with van der Waals surface area (Å²) < 4.78 is 8.14. The molecule has 113 heavy (non-hydrogen) atoms. The van der Waals surface area contributed by atoms with E-state index in [1.807, 2.05) is 146 Å². The molecule has 0 aliphatic heterocycles. The van der Waals surface area contributed by atoms with Gasteiger partial charge in [-0.3, -0.25) is 0 Å². The Kier molecular flexibility index (Phi) is 17.6. The van der Waals surface area contributed by atoms with Crippen LogP contribution in [-0.2, 0) is 6.42 Å². The number of hydrogen-bond donors (Lipinski definition) is 0. The van der Waals surface area contributed by atoms with E-state index < -0.39 is 0 Å². The molecule has 16 aromatic carbocycles. The summed E-state index contributed by atoms with van der Waals surface area (Å²) in [5.74, 6) is 3.95. The standard InChI is InChI=1S/C51H33N5.C31H21N.C21H14BrN3/c1-4-15-34(16-5-1)49-52-50(35-17-6-2-7-18-35)54-51(53-49)36-27-30-39(31-28-36)56-45-25-13-11-22-42(45)48-40(23-14-26-47(48)56)37-29-32-46-43(33-37)41-21-10-12-24-44(41)55(46)38-19-8-3-9-20-38;1-2-11-24(12-3-1)32-29-16-7-6-14-27(29)28-20-22(17-18-30(28)32)26-15-8-10-23-19-21-9-4-5-13-25(21)31(23)26;22-18-13-11-17(12-14-18)21-24-19(15-7-3-1-4-8-15)23-20(25-21)16-9-5-2-6-10-16/h1-33H;1-18,20H,19H2;1-14H. The number of para-hydroxylation sites is 5. The lowest BCUT2D eigenvalue weighted by atomic mass is 9.93. The Morgan fingerprint density at radius 1 is 0.204 bits per heavy atom. The number of rotatable bonds is 11. The van der Waals surface area contributed by atoms with Crippen molar-refractivity contribution in [3.8, 4) is 119 Å². The maximum Gasteiger partial charge on any atom is 0.164 e. The number of hydrogen-bond acceptors (Lipinski definition) is 6. The van der Waals surface area contributed by atoms with Gasteiger partial charge in [-0.2, -0.15) is 0 Å². The van der Waals surface area contributed by atoms with Crippen molar-refractivity contribution in [3.05, 3.63) is 416 Å². The molecule has 21 aromatic rings. The fourth-order valence-electron chi connectivity index (χ4n) is 16.2. The molecule has 0 radical (unpaired) electrons. The number of nitrogens with zero attached hydrogens (tertiary/aromatic N) is 9. The molecule has 0 unspecified atom stereocenters. The van der Waals surface area contributed by atoms with Crippen LogP contribution in [0.4, 0.5) is 0 Å². The molecule has 1 aliphatic carbocycles. The van der Waals surface area contributed by atoms with Gasteiger partial charge in [0.1, 0.15) is 0 Å². The normalized spacial score (nSPS) is 11.5. The summed E-state index contributed by atoms with van der Waals surface area (Å²) in [5, 5.41) is 7.52. The van der Waals surface area contributed by atoms with Gasteiger partial charge in [-0.25, -0.2) is 29.9 Å². The van der Waals surface area contributed by atoms with Crippen LogP contribution < -0.4 is 0 Å². The van der Waals surface area contributed by atoms with Crippen molar-refractivity contribution in [2.24, 2.45) is 0 Å². The molecular weight excluding hydrogens is 1440 g/mol. The molecule has 532 valence electrons. The second-order valence-electron chi connectivity index (χ2n) is 28.2. The molecule has 0 fully saturated rings. The Balaban J connectivity index is 0.000000122. The average Bonchev–Trinajstić information content (AvgIpc) is 1.58. The summed E-state index contributed by atoms with van der Waals surface area (Å²) in [5.41, 5.74) is 27.0. The molecule has 0 spiro atoms. The van der Waals surface area contributed by atoms with Crippen LogP contribution in [0.5, 0.6) is 0 Å². The van der Waals surface area contributed by atoms with Crippen LogP contribution in [0.25, 0.3) is 184 Å². The van der Waals surface area contributed by atoms with Gasteiger partial charge in [0.25, 0.3) is 0 Å². The Morgan fingerprint density at radius 3 is 0.973 bits per heavy atom. The second kappa shape index (κ2) is 29.4. The third-order valence-corrected chi connectivity index (χ3v) is 21.9. The first-order valence-electron chi connectivity index (χ1n) is 38.0. The van der Waals surface area contributed by atoms with Gasteiger partial charge in [0, 0.05) is 87.2 Å². The van der Waals surface area contributed by atoms with Crippen LogP contribution in [0, 0.1) is 0 Å². The van der Waals surface area contributed by atoms with Crippen LogP contribution in [0.2, 0.25) is 0 Å². The Labute approximate surface area is 661 Å². The second-order valence-corrected chi connectivity index (χ2v) is 29.1. The predicted molar refractivity (Wildman–Crippen MR) is 469 cm³/mol. The van der Waals surface area contributed by atoms with E-state index in [9.17, 15) is 0 Å². The van der Waals surface area contributed by atoms with Gasteiger partial charge in [-0.15, -0.1) is 0 Å². The summed E-state index contributed by atoms with van der Waals surface area (Å²) in [6, 6.07) is 140. The summed E-state index contributed by atoms with van der Waals surface area (Å²) in [6.45, 7) is 0. The Bertz CT molecular complexity index is 6990. The van der Waals surface area contributed by atoms with Crippen LogP contribution in [0.1, 0.15) is 11.1 Å². The van der Waals surface area contributed by atoms with E-state index in [0.717, 1.165) is 66.7 Å². The molecular formula is C103H68BrN9. The quantitative estimate of drug-likeness (QED) is 0.128. The lowest BCUT2D eigenvalue weighted by Crippen LogP contribution is -2.00. The van der Waals surface area contributed by atoms with E-state index in [2.05, 4.69) is 289 Å². The van der Waals surface area contributed by atoms with E-state index in [0.29, 0.717) is 34.9 Å². The highest BCUT2D eigenvalue weighted by atomic mass is 79.9. The van der Waals surface area contributed by atoms with Crippen molar-refractivity contribution in [2.75, 3.05) is 0 Å². The molecule has 1 aliphatic rings. The number of halogens is 1. The lowest BCUT2D eigenvalue weighted by Gasteiger charge is -2.11. The molecule has 0 saturated carbocycles. The smallest absolute Gasteiger partial charge is 0.164 e.